The van der Waals surface area contributed by atoms with Gasteiger partial charge in [-0.3, -0.25) is 14.9 Å². The summed E-state index contributed by atoms with van der Waals surface area (Å²) in [6, 6.07) is 17.1. The fraction of sp³-hybridized carbons (Fsp3) is 0.296. The molecule has 33 heavy (non-hydrogen) atoms. The van der Waals surface area contributed by atoms with E-state index in [1.165, 1.54) is 23.3 Å². The van der Waals surface area contributed by atoms with Crippen molar-refractivity contribution >= 4 is 23.1 Å². The van der Waals surface area contributed by atoms with Gasteiger partial charge in [0.2, 0.25) is 0 Å². The summed E-state index contributed by atoms with van der Waals surface area (Å²) in [4.78, 5) is 24.4. The number of non-ortho nitro benzene ring substituents is 1. The quantitative estimate of drug-likeness (QED) is 0.254. The first kappa shape index (κ1) is 21.7. The Bertz CT molecular complexity index is 1270. The third kappa shape index (κ3) is 4.02. The van der Waals surface area contributed by atoms with Crippen molar-refractivity contribution in [3.8, 4) is 5.75 Å². The maximum atomic E-state index is 13.6. The van der Waals surface area contributed by atoms with Gasteiger partial charge in [-0.15, -0.1) is 11.6 Å². The topological polar surface area (TPSA) is 69.4 Å². The highest BCUT2D eigenvalue weighted by Gasteiger charge is 2.40. The molecule has 3 aromatic carbocycles. The number of nitro benzene ring substituents is 1. The predicted molar refractivity (Wildman–Crippen MR) is 127 cm³/mol. The number of nitrogens with zero attached hydrogens (tertiary/aromatic N) is 1. The number of nitro groups is 1. The van der Waals surface area contributed by atoms with Crippen molar-refractivity contribution in [2.45, 2.75) is 44.6 Å². The van der Waals surface area contributed by atoms with Gasteiger partial charge in [-0.1, -0.05) is 30.3 Å². The lowest BCUT2D eigenvalue weighted by Gasteiger charge is -2.17. The summed E-state index contributed by atoms with van der Waals surface area (Å²) < 4.78 is 6.07. The molecule has 0 fully saturated rings. The standard InChI is InChI=1S/C27H24ClNO4/c1-16-8-24-20(6-7-21-12-19-4-2-3-5-23(19)26(21)27(24)30)13-25(16)33-15-18-9-17(14-28)10-22(11-18)29(31)32/h2-5,8-11,13,21,26H,6-7,12,14-15H2,1H3/t21-,26?/m1/s1. The molecule has 3 aromatic rings. The maximum Gasteiger partial charge on any atom is 0.270 e. The van der Waals surface area contributed by atoms with Crippen LogP contribution >= 0.6 is 11.6 Å². The largest absolute Gasteiger partial charge is 0.489 e. The number of hydrogen-bond acceptors (Lipinski definition) is 4. The molecule has 6 heteroatoms. The molecule has 0 aliphatic heterocycles. The van der Waals surface area contributed by atoms with Crippen molar-refractivity contribution in [3.05, 3.63) is 104 Å². The van der Waals surface area contributed by atoms with Crippen LogP contribution in [0.3, 0.4) is 0 Å². The zero-order valence-corrected chi connectivity index (χ0v) is 19.1. The summed E-state index contributed by atoms with van der Waals surface area (Å²) in [5.74, 6) is 1.38. The number of rotatable bonds is 5. The van der Waals surface area contributed by atoms with E-state index in [-0.39, 0.29) is 29.9 Å². The van der Waals surface area contributed by atoms with E-state index in [2.05, 4.69) is 12.1 Å². The molecular formula is C27H24ClNO4. The number of Topliss-reactive ketones (excluding diaryl/α,β-unsaturated/α-hetero) is 1. The van der Waals surface area contributed by atoms with Crippen LogP contribution < -0.4 is 4.74 Å². The number of carbonyl (C=O) groups is 1. The fourth-order valence-electron chi connectivity index (χ4n) is 5.30. The molecule has 5 rings (SSSR count). The molecular weight excluding hydrogens is 438 g/mol. The number of ketones is 1. The third-order valence-corrected chi connectivity index (χ3v) is 7.18. The molecule has 2 atom stereocenters. The number of alkyl halides is 1. The van der Waals surface area contributed by atoms with Crippen LogP contribution in [0.1, 0.15) is 56.1 Å². The monoisotopic (exact) mass is 461 g/mol. The highest BCUT2D eigenvalue weighted by Crippen LogP contribution is 2.45. The molecule has 2 aliphatic carbocycles. The Hall–Kier alpha value is -3.18. The first-order chi connectivity index (χ1) is 15.9. The Morgan fingerprint density at radius 1 is 1.09 bits per heavy atom. The predicted octanol–water partition coefficient (Wildman–Crippen LogP) is 6.31. The molecule has 0 radical (unpaired) electrons. The van der Waals surface area contributed by atoms with Crippen molar-refractivity contribution in [1.82, 2.24) is 0 Å². The van der Waals surface area contributed by atoms with E-state index in [1.807, 2.05) is 37.3 Å². The van der Waals surface area contributed by atoms with E-state index in [9.17, 15) is 14.9 Å². The summed E-state index contributed by atoms with van der Waals surface area (Å²) in [7, 11) is 0. The lowest BCUT2D eigenvalue weighted by Crippen LogP contribution is -2.16. The molecule has 1 unspecified atom stereocenters. The molecule has 0 saturated heterocycles. The lowest BCUT2D eigenvalue weighted by molar-refractivity contribution is -0.385. The maximum absolute atomic E-state index is 13.6. The van der Waals surface area contributed by atoms with Crippen LogP contribution in [-0.2, 0) is 25.3 Å². The van der Waals surface area contributed by atoms with E-state index >= 15 is 0 Å². The zero-order valence-electron chi connectivity index (χ0n) is 18.3. The van der Waals surface area contributed by atoms with Gasteiger partial charge in [0.05, 0.1) is 10.8 Å². The second kappa shape index (κ2) is 8.64. The van der Waals surface area contributed by atoms with Crippen LogP contribution in [0.15, 0.2) is 54.6 Å². The van der Waals surface area contributed by atoms with Gasteiger partial charge < -0.3 is 4.74 Å². The first-order valence-corrected chi connectivity index (χ1v) is 11.7. The van der Waals surface area contributed by atoms with Crippen LogP contribution in [0.2, 0.25) is 0 Å². The van der Waals surface area contributed by atoms with Crippen molar-refractivity contribution in [2.75, 3.05) is 0 Å². The number of benzene rings is 3. The number of aryl methyl sites for hydroxylation is 2. The number of halogens is 1. The number of ether oxygens (including phenoxy) is 1. The van der Waals surface area contributed by atoms with E-state index in [0.29, 0.717) is 22.8 Å². The van der Waals surface area contributed by atoms with Gasteiger partial charge in [-0.25, -0.2) is 0 Å². The first-order valence-electron chi connectivity index (χ1n) is 11.2. The van der Waals surface area contributed by atoms with E-state index in [1.54, 1.807) is 0 Å². The van der Waals surface area contributed by atoms with Gasteiger partial charge in [0.15, 0.2) is 5.78 Å². The average Bonchev–Trinajstić information content (AvgIpc) is 3.14. The van der Waals surface area contributed by atoms with Crippen molar-refractivity contribution in [2.24, 2.45) is 5.92 Å². The summed E-state index contributed by atoms with van der Waals surface area (Å²) in [6.45, 7) is 2.13. The molecule has 168 valence electrons. The Morgan fingerprint density at radius 2 is 1.88 bits per heavy atom. The SMILES string of the molecule is Cc1cc2c(cc1OCc1cc(CCl)cc([N+](=O)[O-])c1)CC[C@@H]1Cc3ccccc3C1C2=O. The third-order valence-electron chi connectivity index (χ3n) is 6.87. The van der Waals surface area contributed by atoms with Crippen LogP contribution in [0.5, 0.6) is 5.75 Å². The zero-order chi connectivity index (χ0) is 23.1. The average molecular weight is 462 g/mol. The molecule has 0 spiro atoms. The molecule has 2 aliphatic rings. The summed E-state index contributed by atoms with van der Waals surface area (Å²) in [5, 5.41) is 11.2. The van der Waals surface area contributed by atoms with Gasteiger partial charge in [0.25, 0.3) is 5.69 Å². The van der Waals surface area contributed by atoms with Crippen LogP contribution in [0.25, 0.3) is 0 Å². The Balaban J connectivity index is 1.42. The van der Waals surface area contributed by atoms with E-state index in [4.69, 9.17) is 16.3 Å². The van der Waals surface area contributed by atoms with E-state index in [0.717, 1.165) is 36.0 Å². The number of carbonyl (C=O) groups excluding carboxylic acids is 1. The van der Waals surface area contributed by atoms with Gasteiger partial charge >= 0.3 is 0 Å². The fourth-order valence-corrected chi connectivity index (χ4v) is 5.46. The van der Waals surface area contributed by atoms with E-state index < -0.39 is 4.92 Å². The number of hydrogen-bond donors (Lipinski definition) is 0. The van der Waals surface area contributed by atoms with Crippen LogP contribution in [0.4, 0.5) is 5.69 Å². The van der Waals surface area contributed by atoms with Crippen molar-refractivity contribution in [1.29, 1.82) is 0 Å². The molecule has 0 aromatic heterocycles. The number of fused-ring (bicyclic) bond motifs is 4. The van der Waals surface area contributed by atoms with Crippen molar-refractivity contribution in [3.63, 3.8) is 0 Å². The summed E-state index contributed by atoms with van der Waals surface area (Å²) >= 11 is 5.90. The molecule has 5 nitrogen and oxygen atoms in total. The van der Waals surface area contributed by atoms with Gasteiger partial charge in [0.1, 0.15) is 12.4 Å². The molecule has 0 saturated carbocycles. The smallest absolute Gasteiger partial charge is 0.270 e. The minimum Gasteiger partial charge on any atom is -0.489 e. The highest BCUT2D eigenvalue weighted by atomic mass is 35.5. The van der Waals surface area contributed by atoms with Gasteiger partial charge in [0, 0.05) is 23.6 Å². The van der Waals surface area contributed by atoms with Gasteiger partial charge in [-0.2, -0.15) is 0 Å². The lowest BCUT2D eigenvalue weighted by atomic mass is 9.86. The second-order valence-electron chi connectivity index (χ2n) is 9.01. The molecule has 0 heterocycles. The normalized spacial score (nSPS) is 18.8. The Labute approximate surface area is 197 Å². The Kier molecular flexibility index (Phi) is 5.67. The Morgan fingerprint density at radius 3 is 2.67 bits per heavy atom. The highest BCUT2D eigenvalue weighted by molar-refractivity contribution is 6.17. The molecule has 0 amide bonds. The summed E-state index contributed by atoms with van der Waals surface area (Å²) in [6.07, 6.45) is 2.75. The van der Waals surface area contributed by atoms with Crippen LogP contribution in [0, 0.1) is 23.0 Å². The molecule has 0 N–H and O–H groups in total. The molecule has 0 bridgehead atoms. The van der Waals surface area contributed by atoms with Crippen LogP contribution in [-0.4, -0.2) is 10.7 Å². The van der Waals surface area contributed by atoms with Crippen molar-refractivity contribution < 1.29 is 14.5 Å². The second-order valence-corrected chi connectivity index (χ2v) is 9.27. The van der Waals surface area contributed by atoms with Gasteiger partial charge in [-0.05, 0) is 77.6 Å². The minimum atomic E-state index is -0.423. The minimum absolute atomic E-state index is 0.00261. The summed E-state index contributed by atoms with van der Waals surface area (Å²) in [5.41, 5.74) is 6.56.